The van der Waals surface area contributed by atoms with E-state index in [0.717, 1.165) is 17.7 Å². The number of hydrogen-bond donors (Lipinski definition) is 3. The molecule has 4 N–H and O–H groups in total. The number of nitrogens with one attached hydrogen (secondary N) is 1. The number of aliphatic hydroxyl groups excluding tert-OH is 1. The molecule has 4 rings (SSSR count). The van der Waals surface area contributed by atoms with E-state index in [0.29, 0.717) is 11.5 Å². The molecule has 2 aromatic rings. The van der Waals surface area contributed by atoms with Crippen molar-refractivity contribution in [2.75, 3.05) is 17.7 Å². The molecule has 1 fully saturated rings. The summed E-state index contributed by atoms with van der Waals surface area (Å²) in [6.45, 7) is 0.0641. The molecule has 1 aromatic heterocycles. The monoisotopic (exact) mass is 359 g/mol. The summed E-state index contributed by atoms with van der Waals surface area (Å²) in [4.78, 5) is 13.7. The van der Waals surface area contributed by atoms with Crippen molar-refractivity contribution in [2.45, 2.75) is 18.6 Å². The smallest absolute Gasteiger partial charge is 0.157 e. The lowest BCUT2D eigenvalue weighted by molar-refractivity contribution is 0.0611. The van der Waals surface area contributed by atoms with Crippen LogP contribution < -0.4 is 11.1 Å². The molecule has 130 valence electrons. The zero-order valence-electron chi connectivity index (χ0n) is 13.3. The van der Waals surface area contributed by atoms with E-state index in [1.165, 1.54) is 6.33 Å². The van der Waals surface area contributed by atoms with E-state index >= 15 is 0 Å². The largest absolute Gasteiger partial charge is 0.396 e. The van der Waals surface area contributed by atoms with Gasteiger partial charge >= 0.3 is 0 Å². The lowest BCUT2D eigenvalue weighted by Crippen LogP contribution is -2.34. The summed E-state index contributed by atoms with van der Waals surface area (Å²) in [5, 5.41) is 17.6. The summed E-state index contributed by atoms with van der Waals surface area (Å²) in [7, 11) is 0. The molecule has 1 aromatic carbocycles. The highest BCUT2D eigenvalue weighted by molar-refractivity contribution is 6.32. The molecular formula is C17H18ClN5O2. The number of benzene rings is 1. The van der Waals surface area contributed by atoms with E-state index in [1.807, 2.05) is 30.3 Å². The number of nitrogens with zero attached hydrogens (tertiary/aromatic N) is 3. The fourth-order valence-corrected chi connectivity index (χ4v) is 3.80. The van der Waals surface area contributed by atoms with Crippen LogP contribution in [0.5, 0.6) is 0 Å². The first-order chi connectivity index (χ1) is 12.2. The minimum Gasteiger partial charge on any atom is -0.396 e. The second kappa shape index (κ2) is 6.50. The summed E-state index contributed by atoms with van der Waals surface area (Å²) >= 11 is 5.96. The van der Waals surface area contributed by atoms with Crippen molar-refractivity contribution in [3.8, 4) is 0 Å². The van der Waals surface area contributed by atoms with E-state index in [1.54, 1.807) is 0 Å². The fraction of sp³-hybridized carbons (Fsp3) is 0.353. The number of nitrogen functional groups attached to an aromatic ring is 1. The Bertz CT molecular complexity index is 801. The van der Waals surface area contributed by atoms with E-state index < -0.39 is 0 Å². The number of hydrogen-bond acceptors (Lipinski definition) is 7. The Morgan fingerprint density at radius 3 is 2.84 bits per heavy atom. The highest BCUT2D eigenvalue weighted by Gasteiger charge is 2.51. The average Bonchev–Trinajstić information content (AvgIpc) is 3.21. The number of fused-ring (bicyclic) bond motifs is 1. The number of oxime groups is 1. The summed E-state index contributed by atoms with van der Waals surface area (Å²) in [5.41, 5.74) is 8.14. The van der Waals surface area contributed by atoms with E-state index in [-0.39, 0.29) is 35.7 Å². The quantitative estimate of drug-likeness (QED) is 0.720. The van der Waals surface area contributed by atoms with Crippen LogP contribution in [0.3, 0.4) is 0 Å². The lowest BCUT2D eigenvalue weighted by atomic mass is 9.87. The fourth-order valence-electron chi connectivity index (χ4n) is 3.67. The van der Waals surface area contributed by atoms with Crippen molar-refractivity contribution in [3.63, 3.8) is 0 Å². The number of aromatic nitrogens is 2. The lowest BCUT2D eigenvalue weighted by Gasteiger charge is -2.20. The van der Waals surface area contributed by atoms with Gasteiger partial charge in [-0.05, 0) is 17.9 Å². The van der Waals surface area contributed by atoms with E-state index in [9.17, 15) is 5.11 Å². The number of rotatable bonds is 4. The molecule has 4 atom stereocenters. The normalized spacial score (nSPS) is 27.5. The molecule has 2 heterocycles. The Morgan fingerprint density at radius 2 is 2.08 bits per heavy atom. The van der Waals surface area contributed by atoms with Crippen LogP contribution in [0.2, 0.25) is 5.15 Å². The van der Waals surface area contributed by atoms with Crippen molar-refractivity contribution in [2.24, 2.45) is 17.0 Å². The maximum atomic E-state index is 9.85. The number of halogens is 1. The van der Waals surface area contributed by atoms with Crippen molar-refractivity contribution >= 4 is 28.8 Å². The first-order valence-electron chi connectivity index (χ1n) is 8.11. The van der Waals surface area contributed by atoms with Gasteiger partial charge in [0.2, 0.25) is 0 Å². The van der Waals surface area contributed by atoms with Gasteiger partial charge in [0.05, 0.1) is 17.7 Å². The number of aliphatic hydroxyl groups is 1. The predicted octanol–water partition coefficient (Wildman–Crippen LogP) is 1.92. The Labute approximate surface area is 149 Å². The van der Waals surface area contributed by atoms with Gasteiger partial charge in [0.1, 0.15) is 12.0 Å². The summed E-state index contributed by atoms with van der Waals surface area (Å²) in [6.07, 6.45) is 1.89. The third kappa shape index (κ3) is 2.79. The van der Waals surface area contributed by atoms with Gasteiger partial charge < -0.3 is 21.0 Å². The van der Waals surface area contributed by atoms with Gasteiger partial charge in [0.15, 0.2) is 17.1 Å². The predicted molar refractivity (Wildman–Crippen MR) is 95.4 cm³/mol. The molecule has 0 unspecified atom stereocenters. The minimum atomic E-state index is -0.194. The topological polar surface area (TPSA) is 106 Å². The molecule has 1 saturated carbocycles. The third-order valence-corrected chi connectivity index (χ3v) is 5.17. The molecule has 0 saturated heterocycles. The first-order valence-corrected chi connectivity index (χ1v) is 8.49. The van der Waals surface area contributed by atoms with Crippen LogP contribution in [-0.4, -0.2) is 39.5 Å². The molecule has 7 nitrogen and oxygen atoms in total. The van der Waals surface area contributed by atoms with Crippen LogP contribution >= 0.6 is 11.6 Å². The Balaban J connectivity index is 1.59. The van der Waals surface area contributed by atoms with Crippen molar-refractivity contribution in [1.29, 1.82) is 0 Å². The van der Waals surface area contributed by atoms with Crippen molar-refractivity contribution < 1.29 is 9.94 Å². The molecule has 0 amide bonds. The Hall–Kier alpha value is -2.38. The molecule has 0 spiro atoms. The summed E-state index contributed by atoms with van der Waals surface area (Å²) in [5.74, 6) is 0.532. The van der Waals surface area contributed by atoms with Crippen LogP contribution in [0.15, 0.2) is 41.8 Å². The maximum absolute atomic E-state index is 9.85. The molecule has 0 radical (unpaired) electrons. The van der Waals surface area contributed by atoms with Crippen LogP contribution in [0.4, 0.5) is 11.5 Å². The Kier molecular flexibility index (Phi) is 4.19. The van der Waals surface area contributed by atoms with Gasteiger partial charge in [-0.1, -0.05) is 47.1 Å². The standard InChI is InChI=1S/C17H18ClN5O2/c18-16-13(19)17(21-8-20-16)22-11-6-10(7-24)12-14(23-25-15(11)12)9-4-2-1-3-5-9/h1-5,8,10-12,15,24H,6-7,19H2,(H,20,21,22)/t10-,11-,12-,15-/m1/s1. The van der Waals surface area contributed by atoms with Crippen LogP contribution in [0.1, 0.15) is 12.0 Å². The zero-order chi connectivity index (χ0) is 17.4. The van der Waals surface area contributed by atoms with E-state index in [4.69, 9.17) is 22.2 Å². The van der Waals surface area contributed by atoms with Gasteiger partial charge in [-0.2, -0.15) is 0 Å². The molecule has 0 bridgehead atoms. The van der Waals surface area contributed by atoms with Crippen LogP contribution in [0, 0.1) is 11.8 Å². The highest BCUT2D eigenvalue weighted by Crippen LogP contribution is 2.42. The second-order valence-electron chi connectivity index (χ2n) is 6.29. The highest BCUT2D eigenvalue weighted by atomic mass is 35.5. The average molecular weight is 360 g/mol. The van der Waals surface area contributed by atoms with Gasteiger partial charge in [0, 0.05) is 6.61 Å². The SMILES string of the molecule is Nc1c(Cl)ncnc1N[C@@H]1C[C@H](CO)[C@@H]2C(c3ccccc3)=NO[C@@H]21. The van der Waals surface area contributed by atoms with Crippen LogP contribution in [-0.2, 0) is 4.84 Å². The third-order valence-electron chi connectivity index (χ3n) is 4.87. The van der Waals surface area contributed by atoms with Gasteiger partial charge in [-0.15, -0.1) is 0 Å². The zero-order valence-corrected chi connectivity index (χ0v) is 14.1. The number of anilines is 2. The van der Waals surface area contributed by atoms with Crippen LogP contribution in [0.25, 0.3) is 0 Å². The van der Waals surface area contributed by atoms with Gasteiger partial charge in [-0.3, -0.25) is 0 Å². The van der Waals surface area contributed by atoms with Crippen molar-refractivity contribution in [1.82, 2.24) is 9.97 Å². The molecular weight excluding hydrogens is 342 g/mol. The molecule has 1 aliphatic heterocycles. The maximum Gasteiger partial charge on any atom is 0.157 e. The van der Waals surface area contributed by atoms with E-state index in [2.05, 4.69) is 20.4 Å². The molecule has 2 aliphatic rings. The number of nitrogens with two attached hydrogens (primary N) is 1. The summed E-state index contributed by atoms with van der Waals surface area (Å²) < 4.78 is 0. The van der Waals surface area contributed by atoms with Gasteiger partial charge in [-0.25, -0.2) is 9.97 Å². The first kappa shape index (κ1) is 16.1. The summed E-state index contributed by atoms with van der Waals surface area (Å²) in [6, 6.07) is 9.81. The molecule has 8 heteroatoms. The molecule has 1 aliphatic carbocycles. The van der Waals surface area contributed by atoms with Gasteiger partial charge in [0.25, 0.3) is 0 Å². The minimum absolute atomic E-state index is 0.0171. The molecule has 25 heavy (non-hydrogen) atoms. The van der Waals surface area contributed by atoms with Crippen molar-refractivity contribution in [3.05, 3.63) is 47.4 Å². The second-order valence-corrected chi connectivity index (χ2v) is 6.65. The Morgan fingerprint density at radius 1 is 1.28 bits per heavy atom.